The largest absolute Gasteiger partial charge is 0.448 e. The van der Waals surface area contributed by atoms with Gasteiger partial charge in [0.1, 0.15) is 35.5 Å². The number of aromatic nitrogens is 5. The molecule has 2 amide bonds. The van der Waals surface area contributed by atoms with Gasteiger partial charge in [0.25, 0.3) is 11.8 Å². The Morgan fingerprint density at radius 2 is 1.41 bits per heavy atom. The maximum Gasteiger partial charge on any atom is 0.356 e. The van der Waals surface area contributed by atoms with Gasteiger partial charge in [0.15, 0.2) is 16.9 Å². The van der Waals surface area contributed by atoms with Crippen LogP contribution in [0.5, 0.6) is 0 Å². The second-order valence-corrected chi connectivity index (χ2v) is 17.8. The minimum atomic E-state index is -1.01. The number of anilines is 1. The molecular formula is C49H41N9O5S3. The Morgan fingerprint density at radius 3 is 1.94 bits per heavy atom. The van der Waals surface area contributed by atoms with E-state index in [1.807, 2.05) is 115 Å². The van der Waals surface area contributed by atoms with Gasteiger partial charge < -0.3 is 20.2 Å². The van der Waals surface area contributed by atoms with E-state index in [0.717, 1.165) is 27.8 Å². The van der Waals surface area contributed by atoms with Crippen molar-refractivity contribution in [3.05, 3.63) is 213 Å². The number of esters is 1. The summed E-state index contributed by atoms with van der Waals surface area (Å²) in [5.41, 5.74) is 4.36. The van der Waals surface area contributed by atoms with Crippen LogP contribution in [0, 0.1) is 0 Å². The Hall–Kier alpha value is -7.34. The van der Waals surface area contributed by atoms with E-state index in [9.17, 15) is 14.4 Å². The highest BCUT2D eigenvalue weighted by Crippen LogP contribution is 2.43. The Kier molecular flexibility index (Phi) is 13.2. The molecule has 2 aliphatic heterocycles. The Labute approximate surface area is 392 Å². The number of carbonyl (C=O) groups excluding carboxylic acids is 3. The number of amides is 2. The van der Waals surface area contributed by atoms with Gasteiger partial charge >= 0.3 is 5.97 Å². The predicted molar refractivity (Wildman–Crippen MR) is 255 cm³/mol. The molecule has 0 bridgehead atoms. The molecular weight excluding hydrogens is 891 g/mol. The molecule has 0 saturated carbocycles. The van der Waals surface area contributed by atoms with E-state index in [1.165, 1.54) is 51.6 Å². The number of ether oxygens (including phenoxy) is 1. The molecule has 17 heteroatoms. The van der Waals surface area contributed by atoms with Crippen LogP contribution in [-0.4, -0.2) is 77.9 Å². The number of carbonyl (C=O) groups is 3. The van der Waals surface area contributed by atoms with Gasteiger partial charge in [-0.05, 0) is 55.3 Å². The van der Waals surface area contributed by atoms with Gasteiger partial charge in [-0.25, -0.2) is 14.5 Å². The van der Waals surface area contributed by atoms with Crippen LogP contribution in [0.2, 0.25) is 0 Å². The highest BCUT2D eigenvalue weighted by molar-refractivity contribution is 8.02. The molecule has 9 rings (SSSR count). The topological polar surface area (TPSA) is 166 Å². The standard InChI is InChI=1S/C49H41N9O5S3/c1-57-48(53-55-56-57)64-29-28-34-30-65-45-40(44(60)58(45)41(34)46(61)63-42(32-18-8-3-9-19-32)33-20-10-4-11-21-33)51-43(59)39(54-62-2)38-31-66-47(50-38)52-49(35-22-12-5-13-23-35,36-24-14-6-15-25-36)37-26-16-7-17-27-37/h3-29,31,40,42,45H,30H2,1-2H3,(H,50,52)(H,51,59)/b29-28+,54-39+. The molecule has 5 aromatic carbocycles. The number of thioether (sulfide) groups is 2. The van der Waals surface area contributed by atoms with Crippen molar-refractivity contribution in [2.45, 2.75) is 28.2 Å². The normalized spacial score (nSPS) is 16.2. The minimum absolute atomic E-state index is 0.0822. The zero-order chi connectivity index (χ0) is 45.5. The van der Waals surface area contributed by atoms with Gasteiger partial charge in [-0.15, -0.1) is 28.2 Å². The summed E-state index contributed by atoms with van der Waals surface area (Å²) in [6.07, 6.45) is 0.998. The van der Waals surface area contributed by atoms with E-state index < -0.39 is 40.8 Å². The SMILES string of the molecule is CO/N=C(/C(=O)NC1C(=O)N2C(C(=O)OC(c3ccccc3)c3ccccc3)=C(/C=C/Sc3nnnn3C)CSC12)c1csc(NC(c2ccccc2)(c2ccccc2)c2ccccc2)n1. The van der Waals surface area contributed by atoms with E-state index in [2.05, 4.69) is 67.7 Å². The maximum atomic E-state index is 14.5. The van der Waals surface area contributed by atoms with Crippen molar-refractivity contribution in [3.8, 4) is 0 Å². The second kappa shape index (κ2) is 19.8. The number of fused-ring (bicyclic) bond motifs is 1. The zero-order valence-corrected chi connectivity index (χ0v) is 38.0. The molecule has 2 unspecified atom stereocenters. The first kappa shape index (κ1) is 43.9. The molecule has 0 aliphatic carbocycles. The van der Waals surface area contributed by atoms with Crippen LogP contribution in [0.3, 0.4) is 0 Å². The van der Waals surface area contributed by atoms with E-state index in [-0.39, 0.29) is 17.1 Å². The first-order valence-corrected chi connectivity index (χ1v) is 23.5. The number of tetrazole rings is 1. The molecule has 0 spiro atoms. The number of aryl methyl sites for hydroxylation is 1. The lowest BCUT2D eigenvalue weighted by atomic mass is 9.77. The van der Waals surface area contributed by atoms with Gasteiger partial charge in [-0.2, -0.15) is 0 Å². The number of oxime groups is 1. The quantitative estimate of drug-likeness (QED) is 0.0243. The summed E-state index contributed by atoms with van der Waals surface area (Å²) in [6.45, 7) is 0. The monoisotopic (exact) mass is 931 g/mol. The van der Waals surface area contributed by atoms with Crippen molar-refractivity contribution in [1.29, 1.82) is 0 Å². The zero-order valence-electron chi connectivity index (χ0n) is 35.5. The number of thiazole rings is 1. The van der Waals surface area contributed by atoms with Crippen molar-refractivity contribution in [1.82, 2.24) is 35.4 Å². The summed E-state index contributed by atoms with van der Waals surface area (Å²) >= 11 is 3.97. The van der Waals surface area contributed by atoms with Crippen molar-refractivity contribution in [2.24, 2.45) is 12.2 Å². The smallest absolute Gasteiger partial charge is 0.356 e. The minimum Gasteiger partial charge on any atom is -0.448 e. The molecule has 1 fully saturated rings. The average molecular weight is 932 g/mol. The number of nitrogens with zero attached hydrogens (tertiary/aromatic N) is 7. The van der Waals surface area contributed by atoms with Crippen LogP contribution in [-0.2, 0) is 36.5 Å². The fraction of sp³-hybridized carbons (Fsp3) is 0.143. The third-order valence-corrected chi connectivity index (χ3v) is 13.9. The lowest BCUT2D eigenvalue weighted by Gasteiger charge is -2.49. The summed E-state index contributed by atoms with van der Waals surface area (Å²) in [4.78, 5) is 54.5. The Balaban J connectivity index is 0.986. The molecule has 66 heavy (non-hydrogen) atoms. The molecule has 330 valence electrons. The molecule has 4 heterocycles. The number of allylic oxidation sites excluding steroid dienone is 1. The van der Waals surface area contributed by atoms with E-state index >= 15 is 0 Å². The van der Waals surface area contributed by atoms with E-state index in [0.29, 0.717) is 21.6 Å². The van der Waals surface area contributed by atoms with Gasteiger partial charge in [0.05, 0.1) is 0 Å². The van der Waals surface area contributed by atoms with Crippen LogP contribution in [0.4, 0.5) is 5.13 Å². The Morgan fingerprint density at radius 1 is 0.848 bits per heavy atom. The lowest BCUT2D eigenvalue weighted by Crippen LogP contribution is -2.71. The maximum absolute atomic E-state index is 14.5. The lowest BCUT2D eigenvalue weighted by molar-refractivity contribution is -0.154. The number of benzene rings is 5. The van der Waals surface area contributed by atoms with Crippen molar-refractivity contribution >= 4 is 63.5 Å². The fourth-order valence-electron chi connectivity index (χ4n) is 7.89. The predicted octanol–water partition coefficient (Wildman–Crippen LogP) is 7.71. The van der Waals surface area contributed by atoms with E-state index in [4.69, 9.17) is 14.6 Å². The molecule has 0 radical (unpaired) electrons. The number of hydrogen-bond acceptors (Lipinski definition) is 14. The summed E-state index contributed by atoms with van der Waals surface area (Å²) < 4.78 is 7.84. The van der Waals surface area contributed by atoms with Crippen LogP contribution >= 0.6 is 34.9 Å². The van der Waals surface area contributed by atoms with Crippen LogP contribution in [0.15, 0.2) is 190 Å². The fourth-order valence-corrected chi connectivity index (χ4v) is 10.6. The van der Waals surface area contributed by atoms with Gasteiger partial charge in [-0.3, -0.25) is 14.5 Å². The number of rotatable bonds is 16. The first-order chi connectivity index (χ1) is 32.4. The summed E-state index contributed by atoms with van der Waals surface area (Å²) in [6, 6.07) is 48.1. The number of β-lactam (4-membered cyclic amide) rings is 1. The van der Waals surface area contributed by atoms with Crippen LogP contribution < -0.4 is 10.6 Å². The van der Waals surface area contributed by atoms with Crippen LogP contribution in [0.1, 0.15) is 39.6 Å². The molecule has 14 nitrogen and oxygen atoms in total. The highest BCUT2D eigenvalue weighted by Gasteiger charge is 2.55. The van der Waals surface area contributed by atoms with Crippen molar-refractivity contribution < 1.29 is 24.0 Å². The third kappa shape index (κ3) is 8.87. The summed E-state index contributed by atoms with van der Waals surface area (Å²) in [5, 5.41) is 26.2. The van der Waals surface area contributed by atoms with Crippen LogP contribution in [0.25, 0.3) is 0 Å². The average Bonchev–Trinajstić information content (AvgIpc) is 4.02. The molecule has 2 atom stereocenters. The van der Waals surface area contributed by atoms with Crippen molar-refractivity contribution in [2.75, 3.05) is 18.2 Å². The third-order valence-electron chi connectivity index (χ3n) is 11.0. The Bertz CT molecular complexity index is 2780. The molecule has 2 aromatic heterocycles. The molecule has 2 aliphatic rings. The number of nitrogens with one attached hydrogen (secondary N) is 2. The first-order valence-electron chi connectivity index (χ1n) is 20.7. The van der Waals surface area contributed by atoms with Crippen molar-refractivity contribution in [3.63, 3.8) is 0 Å². The second-order valence-electron chi connectivity index (χ2n) is 15.0. The highest BCUT2D eigenvalue weighted by atomic mass is 32.2. The molecule has 2 N–H and O–H groups in total. The molecule has 7 aromatic rings. The summed E-state index contributed by atoms with van der Waals surface area (Å²) in [5.74, 6) is -1.53. The van der Waals surface area contributed by atoms with Gasteiger partial charge in [-0.1, -0.05) is 169 Å². The van der Waals surface area contributed by atoms with Gasteiger partial charge in [0.2, 0.25) is 5.16 Å². The van der Waals surface area contributed by atoms with Gasteiger partial charge in [0, 0.05) is 18.2 Å². The molecule has 1 saturated heterocycles. The van der Waals surface area contributed by atoms with E-state index in [1.54, 1.807) is 23.9 Å². The number of hydrogen-bond donors (Lipinski definition) is 2. The summed E-state index contributed by atoms with van der Waals surface area (Å²) in [7, 11) is 3.06.